The Balaban J connectivity index is 2.55. The number of carbonyl (C=O) groups excluding carboxylic acids is 1. The molecule has 0 fully saturated rings. The molecule has 0 saturated carbocycles. The third-order valence-corrected chi connectivity index (χ3v) is 2.30. The van der Waals surface area contributed by atoms with E-state index < -0.39 is 5.97 Å². The first kappa shape index (κ1) is 11.8. The Morgan fingerprint density at radius 3 is 2.83 bits per heavy atom. The van der Waals surface area contributed by atoms with Gasteiger partial charge in [-0.15, -0.1) is 5.10 Å². The van der Waals surface area contributed by atoms with E-state index in [2.05, 4.69) is 10.3 Å². The molecule has 0 bridgehead atoms. The summed E-state index contributed by atoms with van der Waals surface area (Å²) in [5.74, 6) is -0.628. The minimum atomic E-state index is -1.06. The second kappa shape index (κ2) is 4.66. The molecule has 2 rings (SSSR count). The predicted octanol–water partition coefficient (Wildman–Crippen LogP) is 0.787. The van der Waals surface area contributed by atoms with Crippen LogP contribution in [0.2, 0.25) is 0 Å². The summed E-state index contributed by atoms with van der Waals surface area (Å²) in [6.45, 7) is 0. The van der Waals surface area contributed by atoms with E-state index >= 15 is 0 Å². The van der Waals surface area contributed by atoms with Crippen LogP contribution < -0.4 is 4.74 Å². The molecule has 2 aromatic rings. The Bertz CT molecular complexity index is 606. The van der Waals surface area contributed by atoms with Crippen molar-refractivity contribution in [1.82, 2.24) is 15.0 Å². The maximum absolute atomic E-state index is 10.9. The number of carboxylic acids is 1. The van der Waals surface area contributed by atoms with Gasteiger partial charge in [0.25, 0.3) is 0 Å². The predicted molar refractivity (Wildman–Crippen MR) is 60.3 cm³/mol. The van der Waals surface area contributed by atoms with Crippen molar-refractivity contribution in [2.24, 2.45) is 0 Å². The lowest BCUT2D eigenvalue weighted by Crippen LogP contribution is -2.03. The molecule has 0 spiro atoms. The fourth-order valence-electron chi connectivity index (χ4n) is 1.45. The minimum Gasteiger partial charge on any atom is -0.494 e. The van der Waals surface area contributed by atoms with E-state index in [1.54, 1.807) is 0 Å². The lowest BCUT2D eigenvalue weighted by Gasteiger charge is -2.08. The number of methoxy groups -OCH3 is 1. The number of aromatic nitrogens is 3. The first-order chi connectivity index (χ1) is 8.65. The minimum absolute atomic E-state index is 0.0916. The summed E-state index contributed by atoms with van der Waals surface area (Å²) >= 11 is 0. The summed E-state index contributed by atoms with van der Waals surface area (Å²) in [5, 5.41) is 16.3. The zero-order valence-corrected chi connectivity index (χ0v) is 9.40. The molecule has 0 aliphatic heterocycles. The molecule has 1 aromatic heterocycles. The molecule has 0 aliphatic rings. The summed E-state index contributed by atoms with van der Waals surface area (Å²) in [5.41, 5.74) is 0.643. The highest BCUT2D eigenvalue weighted by Gasteiger charge is 2.12. The third kappa shape index (κ3) is 2.05. The van der Waals surface area contributed by atoms with Gasteiger partial charge in [-0.2, -0.15) is 0 Å². The zero-order valence-electron chi connectivity index (χ0n) is 9.40. The molecule has 92 valence electrons. The Kier molecular flexibility index (Phi) is 3.05. The van der Waals surface area contributed by atoms with Crippen LogP contribution in [0.3, 0.4) is 0 Å². The quantitative estimate of drug-likeness (QED) is 0.802. The normalized spacial score (nSPS) is 10.1. The van der Waals surface area contributed by atoms with E-state index in [0.29, 0.717) is 17.7 Å². The average molecular weight is 247 g/mol. The number of aldehydes is 1. The summed E-state index contributed by atoms with van der Waals surface area (Å²) in [7, 11) is 1.46. The number of hydrogen-bond acceptors (Lipinski definition) is 5. The maximum Gasteiger partial charge on any atom is 0.335 e. The highest BCUT2D eigenvalue weighted by molar-refractivity contribution is 5.88. The van der Waals surface area contributed by atoms with Gasteiger partial charge in [-0.25, -0.2) is 9.48 Å². The van der Waals surface area contributed by atoms with Crippen molar-refractivity contribution in [3.05, 3.63) is 35.7 Å². The standard InChI is InChI=1S/C11H9N3O4/c1-18-10-3-2-7(11(16)17)4-9(10)14-5-8(6-15)12-13-14/h2-6H,1H3,(H,16,17). The number of benzene rings is 1. The molecule has 0 atom stereocenters. The summed E-state index contributed by atoms with van der Waals surface area (Å²) in [6.07, 6.45) is 1.94. The van der Waals surface area contributed by atoms with Crippen LogP contribution in [0.25, 0.3) is 5.69 Å². The van der Waals surface area contributed by atoms with Gasteiger partial charge in [0.15, 0.2) is 6.29 Å². The largest absolute Gasteiger partial charge is 0.494 e. The average Bonchev–Trinajstić information content (AvgIpc) is 2.86. The van der Waals surface area contributed by atoms with E-state index in [-0.39, 0.29) is 11.3 Å². The summed E-state index contributed by atoms with van der Waals surface area (Å²) in [4.78, 5) is 21.4. The molecule has 7 nitrogen and oxygen atoms in total. The van der Waals surface area contributed by atoms with Gasteiger partial charge < -0.3 is 9.84 Å². The number of ether oxygens (including phenoxy) is 1. The van der Waals surface area contributed by atoms with Crippen LogP contribution in [0.5, 0.6) is 5.75 Å². The van der Waals surface area contributed by atoms with Crippen LogP contribution in [0, 0.1) is 0 Å². The molecule has 1 N–H and O–H groups in total. The zero-order chi connectivity index (χ0) is 13.1. The van der Waals surface area contributed by atoms with Crippen LogP contribution in [0.1, 0.15) is 20.8 Å². The lowest BCUT2D eigenvalue weighted by molar-refractivity contribution is 0.0696. The molecule has 18 heavy (non-hydrogen) atoms. The first-order valence-electron chi connectivity index (χ1n) is 4.95. The van der Waals surface area contributed by atoms with E-state index in [1.807, 2.05) is 0 Å². The topological polar surface area (TPSA) is 94.3 Å². The highest BCUT2D eigenvalue weighted by atomic mass is 16.5. The lowest BCUT2D eigenvalue weighted by atomic mass is 10.2. The number of carboxylic acid groups (broad SMARTS) is 1. The molecule has 1 heterocycles. The number of aromatic carboxylic acids is 1. The van der Waals surface area contributed by atoms with Gasteiger partial charge in [-0.1, -0.05) is 5.21 Å². The number of rotatable bonds is 4. The van der Waals surface area contributed by atoms with Crippen molar-refractivity contribution in [3.63, 3.8) is 0 Å². The molecular weight excluding hydrogens is 238 g/mol. The fourth-order valence-corrected chi connectivity index (χ4v) is 1.45. The molecule has 0 saturated heterocycles. The molecule has 0 aliphatic carbocycles. The van der Waals surface area contributed by atoms with Crippen molar-refractivity contribution in [3.8, 4) is 11.4 Å². The van der Waals surface area contributed by atoms with Crippen molar-refractivity contribution >= 4 is 12.3 Å². The van der Waals surface area contributed by atoms with Crippen LogP contribution in [0.4, 0.5) is 0 Å². The Labute approximate surface area is 102 Å². The van der Waals surface area contributed by atoms with Crippen molar-refractivity contribution in [2.75, 3.05) is 7.11 Å². The Morgan fingerprint density at radius 1 is 1.50 bits per heavy atom. The second-order valence-electron chi connectivity index (χ2n) is 3.40. The van der Waals surface area contributed by atoms with Gasteiger partial charge in [-0.05, 0) is 18.2 Å². The van der Waals surface area contributed by atoms with E-state index in [4.69, 9.17) is 9.84 Å². The fraction of sp³-hybridized carbons (Fsp3) is 0.0909. The molecule has 0 unspecified atom stereocenters. The molecular formula is C11H9N3O4. The van der Waals surface area contributed by atoms with Crippen LogP contribution in [0.15, 0.2) is 24.4 Å². The van der Waals surface area contributed by atoms with Gasteiger partial charge in [-0.3, -0.25) is 4.79 Å². The van der Waals surface area contributed by atoms with Gasteiger partial charge >= 0.3 is 5.97 Å². The monoisotopic (exact) mass is 247 g/mol. The Morgan fingerprint density at radius 2 is 2.28 bits per heavy atom. The summed E-state index contributed by atoms with van der Waals surface area (Å²) in [6, 6.07) is 4.33. The SMILES string of the molecule is COc1ccc(C(=O)O)cc1-n1cc(C=O)nn1. The van der Waals surface area contributed by atoms with Gasteiger partial charge in [0.05, 0.1) is 18.9 Å². The third-order valence-electron chi connectivity index (χ3n) is 2.30. The molecule has 7 heteroatoms. The van der Waals surface area contributed by atoms with E-state index in [0.717, 1.165) is 0 Å². The van der Waals surface area contributed by atoms with Crippen LogP contribution >= 0.6 is 0 Å². The maximum atomic E-state index is 10.9. The van der Waals surface area contributed by atoms with Crippen molar-refractivity contribution in [2.45, 2.75) is 0 Å². The smallest absolute Gasteiger partial charge is 0.335 e. The van der Waals surface area contributed by atoms with Gasteiger partial charge in [0.1, 0.15) is 17.1 Å². The number of hydrogen-bond donors (Lipinski definition) is 1. The van der Waals surface area contributed by atoms with Crippen molar-refractivity contribution < 1.29 is 19.4 Å². The first-order valence-corrected chi connectivity index (χ1v) is 4.95. The van der Waals surface area contributed by atoms with Gasteiger partial charge in [0, 0.05) is 0 Å². The van der Waals surface area contributed by atoms with Crippen LogP contribution in [-0.2, 0) is 0 Å². The number of nitrogens with zero attached hydrogens (tertiary/aromatic N) is 3. The van der Waals surface area contributed by atoms with E-state index in [9.17, 15) is 9.59 Å². The summed E-state index contributed by atoms with van der Waals surface area (Å²) < 4.78 is 6.39. The molecule has 0 radical (unpaired) electrons. The van der Waals surface area contributed by atoms with E-state index in [1.165, 1.54) is 36.2 Å². The Hall–Kier alpha value is -2.70. The number of carbonyl (C=O) groups is 2. The highest BCUT2D eigenvalue weighted by Crippen LogP contribution is 2.23. The van der Waals surface area contributed by atoms with Gasteiger partial charge in [0.2, 0.25) is 0 Å². The van der Waals surface area contributed by atoms with Crippen molar-refractivity contribution in [1.29, 1.82) is 0 Å². The molecule has 1 aromatic carbocycles. The molecule has 0 amide bonds. The van der Waals surface area contributed by atoms with Crippen LogP contribution in [-0.4, -0.2) is 39.5 Å². The second-order valence-corrected chi connectivity index (χ2v) is 3.40.